The molecule has 0 radical (unpaired) electrons. The lowest BCUT2D eigenvalue weighted by Crippen LogP contribution is -2.08. The summed E-state index contributed by atoms with van der Waals surface area (Å²) in [5.41, 5.74) is 2.48. The van der Waals surface area contributed by atoms with E-state index in [0.29, 0.717) is 28.4 Å². The number of carbonyl (C=O) groups is 2. The molecule has 0 aliphatic heterocycles. The van der Waals surface area contributed by atoms with Crippen LogP contribution in [0.1, 0.15) is 17.3 Å². The topological polar surface area (TPSA) is 129 Å². The molecule has 0 spiro atoms. The van der Waals surface area contributed by atoms with Crippen LogP contribution in [0.4, 0.5) is 5.82 Å². The smallest absolute Gasteiger partial charge is 0.343 e. The maximum Gasteiger partial charge on any atom is 0.343 e. The van der Waals surface area contributed by atoms with E-state index in [-0.39, 0.29) is 23.2 Å². The van der Waals surface area contributed by atoms with Crippen LogP contribution in [0, 0.1) is 0 Å². The van der Waals surface area contributed by atoms with Gasteiger partial charge in [-0.15, -0.1) is 10.2 Å². The van der Waals surface area contributed by atoms with Crippen molar-refractivity contribution in [2.45, 2.75) is 6.92 Å². The molecule has 33 heavy (non-hydrogen) atoms. The van der Waals surface area contributed by atoms with E-state index < -0.39 is 5.97 Å². The highest BCUT2D eigenvalue weighted by Crippen LogP contribution is 2.35. The van der Waals surface area contributed by atoms with Crippen molar-refractivity contribution < 1.29 is 23.5 Å². The summed E-state index contributed by atoms with van der Waals surface area (Å²) in [6.07, 6.45) is 3.05. The molecule has 3 aromatic heterocycles. The molecule has 0 saturated heterocycles. The van der Waals surface area contributed by atoms with Gasteiger partial charge >= 0.3 is 5.97 Å². The number of amides is 1. The number of esters is 1. The van der Waals surface area contributed by atoms with Gasteiger partial charge < -0.3 is 19.2 Å². The monoisotopic (exact) mass is 445 g/mol. The molecule has 166 valence electrons. The standard InChI is InChI=1S/C23H19N5O5/c1-13(29)26-19-10-16(22-28-27-20(33-22)14-7-5-4-6-8-14)18(12-24-19)15-9-17(23(30)32-3)21(31-2)25-11-15/h4-12H,1-3H3,(H,24,26,29). The zero-order valence-corrected chi connectivity index (χ0v) is 18.0. The molecule has 0 atom stereocenters. The Labute approximate surface area is 188 Å². The van der Waals surface area contributed by atoms with Crippen LogP contribution in [0.3, 0.4) is 0 Å². The molecule has 3 heterocycles. The van der Waals surface area contributed by atoms with Crippen LogP contribution in [-0.4, -0.2) is 46.3 Å². The number of pyridine rings is 2. The Kier molecular flexibility index (Phi) is 6.07. The predicted molar refractivity (Wildman–Crippen MR) is 118 cm³/mol. The molecule has 0 aliphatic rings. The second kappa shape index (κ2) is 9.27. The molecular weight excluding hydrogens is 426 g/mol. The van der Waals surface area contributed by atoms with E-state index in [1.165, 1.54) is 33.5 Å². The second-order valence-corrected chi connectivity index (χ2v) is 6.85. The number of carbonyl (C=O) groups excluding carboxylic acids is 2. The molecule has 10 nitrogen and oxygen atoms in total. The van der Waals surface area contributed by atoms with E-state index >= 15 is 0 Å². The summed E-state index contributed by atoms with van der Waals surface area (Å²) in [7, 11) is 2.68. The minimum atomic E-state index is -0.602. The minimum Gasteiger partial charge on any atom is -0.480 e. The number of anilines is 1. The SMILES string of the molecule is COC(=O)c1cc(-c2cnc(NC(C)=O)cc2-c2nnc(-c3ccccc3)o2)cnc1OC. The predicted octanol–water partition coefficient (Wildman–Crippen LogP) is 3.61. The van der Waals surface area contributed by atoms with Gasteiger partial charge in [-0.2, -0.15) is 0 Å². The largest absolute Gasteiger partial charge is 0.480 e. The number of nitrogens with one attached hydrogen (secondary N) is 1. The van der Waals surface area contributed by atoms with Crippen molar-refractivity contribution in [1.29, 1.82) is 0 Å². The molecule has 0 fully saturated rings. The first-order valence-electron chi connectivity index (χ1n) is 9.79. The van der Waals surface area contributed by atoms with E-state index in [1.807, 2.05) is 30.3 Å². The number of hydrogen-bond acceptors (Lipinski definition) is 9. The van der Waals surface area contributed by atoms with Gasteiger partial charge in [0.25, 0.3) is 0 Å². The first-order valence-corrected chi connectivity index (χ1v) is 9.79. The Bertz CT molecular complexity index is 1320. The zero-order valence-electron chi connectivity index (χ0n) is 18.0. The maximum absolute atomic E-state index is 12.2. The maximum atomic E-state index is 12.2. The van der Waals surface area contributed by atoms with Crippen LogP contribution < -0.4 is 10.1 Å². The van der Waals surface area contributed by atoms with Gasteiger partial charge in [-0.3, -0.25) is 4.79 Å². The van der Waals surface area contributed by atoms with Crippen LogP contribution in [0.25, 0.3) is 34.0 Å². The fourth-order valence-corrected chi connectivity index (χ4v) is 3.16. The fraction of sp³-hybridized carbons (Fsp3) is 0.130. The number of methoxy groups -OCH3 is 2. The lowest BCUT2D eigenvalue weighted by Gasteiger charge is -2.11. The minimum absolute atomic E-state index is 0.124. The van der Waals surface area contributed by atoms with Gasteiger partial charge in [0.15, 0.2) is 0 Å². The Morgan fingerprint density at radius 1 is 0.909 bits per heavy atom. The number of benzene rings is 1. The highest BCUT2D eigenvalue weighted by atomic mass is 16.5. The first kappa shape index (κ1) is 21.6. The van der Waals surface area contributed by atoms with Crippen molar-refractivity contribution >= 4 is 17.7 Å². The van der Waals surface area contributed by atoms with Crippen LogP contribution >= 0.6 is 0 Å². The van der Waals surface area contributed by atoms with Crippen molar-refractivity contribution in [3.63, 3.8) is 0 Å². The summed E-state index contributed by atoms with van der Waals surface area (Å²) in [4.78, 5) is 32.3. The van der Waals surface area contributed by atoms with Crippen molar-refractivity contribution in [2.24, 2.45) is 0 Å². The molecule has 0 aliphatic carbocycles. The number of rotatable bonds is 6. The Hall–Kier alpha value is -4.60. The summed E-state index contributed by atoms with van der Waals surface area (Å²) < 4.78 is 15.9. The Morgan fingerprint density at radius 2 is 1.67 bits per heavy atom. The van der Waals surface area contributed by atoms with Gasteiger partial charge in [0.05, 0.1) is 19.8 Å². The average molecular weight is 445 g/mol. The molecule has 0 unspecified atom stereocenters. The Morgan fingerprint density at radius 3 is 2.36 bits per heavy atom. The molecule has 1 aromatic carbocycles. The molecule has 1 amide bonds. The third-order valence-electron chi connectivity index (χ3n) is 4.65. The van der Waals surface area contributed by atoms with E-state index in [1.54, 1.807) is 12.1 Å². The van der Waals surface area contributed by atoms with Crippen molar-refractivity contribution in [3.05, 3.63) is 60.4 Å². The molecule has 1 N–H and O–H groups in total. The molecule has 4 aromatic rings. The highest BCUT2D eigenvalue weighted by Gasteiger charge is 2.21. The highest BCUT2D eigenvalue weighted by molar-refractivity contribution is 5.94. The molecule has 4 rings (SSSR count). The molecular formula is C23H19N5O5. The average Bonchev–Trinajstić information content (AvgIpc) is 3.33. The Balaban J connectivity index is 1.86. The van der Waals surface area contributed by atoms with Crippen molar-refractivity contribution in [1.82, 2.24) is 20.2 Å². The van der Waals surface area contributed by atoms with Gasteiger partial charge in [0.2, 0.25) is 23.6 Å². The normalized spacial score (nSPS) is 10.5. The van der Waals surface area contributed by atoms with Crippen LogP contribution in [0.15, 0.2) is 59.3 Å². The van der Waals surface area contributed by atoms with Crippen molar-refractivity contribution in [2.75, 3.05) is 19.5 Å². The van der Waals surface area contributed by atoms with Crippen LogP contribution in [-0.2, 0) is 9.53 Å². The fourth-order valence-electron chi connectivity index (χ4n) is 3.16. The van der Waals surface area contributed by atoms with Gasteiger partial charge in [-0.1, -0.05) is 18.2 Å². The molecule has 10 heteroatoms. The third kappa shape index (κ3) is 4.54. The van der Waals surface area contributed by atoms with E-state index in [4.69, 9.17) is 13.9 Å². The summed E-state index contributed by atoms with van der Waals surface area (Å²) in [6.45, 7) is 1.38. The number of nitrogens with zero attached hydrogens (tertiary/aromatic N) is 4. The van der Waals surface area contributed by atoms with Crippen molar-refractivity contribution in [3.8, 4) is 39.9 Å². The summed E-state index contributed by atoms with van der Waals surface area (Å²) in [5, 5.41) is 11.0. The lowest BCUT2D eigenvalue weighted by molar-refractivity contribution is -0.114. The summed E-state index contributed by atoms with van der Waals surface area (Å²) in [5.74, 6) is 0.0749. The quantitative estimate of drug-likeness (QED) is 0.442. The van der Waals surface area contributed by atoms with Gasteiger partial charge in [-0.05, 0) is 24.3 Å². The first-order chi connectivity index (χ1) is 16.0. The second-order valence-electron chi connectivity index (χ2n) is 6.85. The summed E-state index contributed by atoms with van der Waals surface area (Å²) >= 11 is 0. The molecule has 0 bridgehead atoms. The van der Waals surface area contributed by atoms with Crippen LogP contribution in [0.5, 0.6) is 5.88 Å². The van der Waals surface area contributed by atoms with E-state index in [2.05, 4.69) is 25.5 Å². The van der Waals surface area contributed by atoms with Gasteiger partial charge in [-0.25, -0.2) is 14.8 Å². The van der Waals surface area contributed by atoms with E-state index in [9.17, 15) is 9.59 Å². The molecule has 0 saturated carbocycles. The third-order valence-corrected chi connectivity index (χ3v) is 4.65. The number of ether oxygens (including phenoxy) is 2. The lowest BCUT2D eigenvalue weighted by atomic mass is 10.0. The zero-order chi connectivity index (χ0) is 23.4. The number of hydrogen-bond donors (Lipinski definition) is 1. The summed E-state index contributed by atoms with van der Waals surface area (Å²) in [6, 6.07) is 12.5. The van der Waals surface area contributed by atoms with E-state index in [0.717, 1.165) is 5.56 Å². The van der Waals surface area contributed by atoms with Gasteiger partial charge in [0.1, 0.15) is 11.4 Å². The van der Waals surface area contributed by atoms with Gasteiger partial charge in [0, 0.05) is 36.0 Å². The van der Waals surface area contributed by atoms with Crippen LogP contribution in [0.2, 0.25) is 0 Å². The number of aromatic nitrogens is 4.